The van der Waals surface area contributed by atoms with E-state index in [1.165, 1.54) is 27.9 Å². The van der Waals surface area contributed by atoms with Gasteiger partial charge in [0.15, 0.2) is 0 Å². The number of hydrogen-bond acceptors (Lipinski definition) is 3. The minimum Gasteiger partial charge on any atom is -0.322 e. The van der Waals surface area contributed by atoms with Gasteiger partial charge < -0.3 is 10.2 Å². The molecule has 3 aromatic rings. The van der Waals surface area contributed by atoms with Gasteiger partial charge in [-0.2, -0.15) is 0 Å². The van der Waals surface area contributed by atoms with Crippen LogP contribution >= 0.6 is 0 Å². The average molecular weight is 413 g/mol. The van der Waals surface area contributed by atoms with Crippen LogP contribution < -0.4 is 5.32 Å². The molecule has 2 aliphatic rings. The number of benzene rings is 2. The number of nitrogens with one attached hydrogen (secondary N) is 1. The lowest BCUT2D eigenvalue weighted by Crippen LogP contribution is -2.51. The van der Waals surface area contributed by atoms with Crippen LogP contribution in [-0.2, 0) is 12.8 Å². The third-order valence-electron chi connectivity index (χ3n) is 6.43. The minimum absolute atomic E-state index is 0.0266. The van der Waals surface area contributed by atoms with Crippen LogP contribution in [0.2, 0.25) is 0 Å². The molecule has 1 aromatic heterocycles. The lowest BCUT2D eigenvalue weighted by atomic mass is 9.94. The van der Waals surface area contributed by atoms with Crippen LogP contribution in [0.5, 0.6) is 0 Å². The van der Waals surface area contributed by atoms with Gasteiger partial charge in [0.2, 0.25) is 0 Å². The Morgan fingerprint density at radius 2 is 1.71 bits per heavy atom. The predicted octanol–water partition coefficient (Wildman–Crippen LogP) is 4.43. The normalized spacial score (nSPS) is 18.6. The van der Waals surface area contributed by atoms with Gasteiger partial charge in [-0.05, 0) is 54.7 Å². The van der Waals surface area contributed by atoms with Crippen molar-refractivity contribution in [3.63, 3.8) is 0 Å². The third kappa shape index (κ3) is 4.06. The highest BCUT2D eigenvalue weighted by atomic mass is 16.2. The summed E-state index contributed by atoms with van der Waals surface area (Å²) >= 11 is 0. The summed E-state index contributed by atoms with van der Waals surface area (Å²) < 4.78 is 0. The average Bonchev–Trinajstić information content (AvgIpc) is 2.96. The lowest BCUT2D eigenvalue weighted by Gasteiger charge is -2.39. The molecule has 1 fully saturated rings. The fourth-order valence-corrected chi connectivity index (χ4v) is 4.82. The number of nitrogens with zero attached hydrogens (tertiary/aromatic N) is 3. The van der Waals surface area contributed by atoms with Gasteiger partial charge in [0.25, 0.3) is 0 Å². The van der Waals surface area contributed by atoms with Crippen LogP contribution in [0.3, 0.4) is 0 Å². The Balaban J connectivity index is 1.37. The number of carbonyl (C=O) groups is 1. The van der Waals surface area contributed by atoms with Crippen molar-refractivity contribution in [1.82, 2.24) is 14.8 Å². The van der Waals surface area contributed by atoms with Crippen molar-refractivity contribution in [3.05, 3.63) is 94.8 Å². The molecule has 1 aliphatic heterocycles. The molecule has 158 valence electrons. The highest BCUT2D eigenvalue weighted by Crippen LogP contribution is 2.36. The molecule has 0 radical (unpaired) electrons. The predicted molar refractivity (Wildman–Crippen MR) is 123 cm³/mol. The van der Waals surface area contributed by atoms with E-state index in [1.54, 1.807) is 0 Å². The van der Waals surface area contributed by atoms with Gasteiger partial charge in [0.1, 0.15) is 0 Å². The molecule has 1 atom stereocenters. The molecule has 5 rings (SSSR count). The maximum atomic E-state index is 12.7. The van der Waals surface area contributed by atoms with E-state index >= 15 is 0 Å². The molecule has 2 heterocycles. The summed E-state index contributed by atoms with van der Waals surface area (Å²) in [5, 5.41) is 3.01. The first kappa shape index (κ1) is 19.8. The fourth-order valence-electron chi connectivity index (χ4n) is 4.82. The number of pyridine rings is 1. The van der Waals surface area contributed by atoms with Gasteiger partial charge in [-0.15, -0.1) is 0 Å². The number of carbonyl (C=O) groups excluding carboxylic acids is 1. The van der Waals surface area contributed by atoms with Crippen molar-refractivity contribution in [2.45, 2.75) is 25.8 Å². The van der Waals surface area contributed by atoms with Gasteiger partial charge in [0.05, 0.1) is 11.7 Å². The van der Waals surface area contributed by atoms with Crippen molar-refractivity contribution in [3.8, 4) is 0 Å². The molecule has 2 amide bonds. The maximum absolute atomic E-state index is 12.7. The summed E-state index contributed by atoms with van der Waals surface area (Å²) in [5.74, 6) is 0. The number of fused-ring (bicyclic) bond motifs is 2. The summed E-state index contributed by atoms with van der Waals surface area (Å²) in [6, 6.07) is 20.9. The van der Waals surface area contributed by atoms with Crippen LogP contribution in [0.15, 0.2) is 66.9 Å². The first-order valence-corrected chi connectivity index (χ1v) is 11.1. The molecule has 1 aliphatic carbocycles. The number of hydrogen-bond donors (Lipinski definition) is 1. The molecule has 1 saturated heterocycles. The Kier molecular flexibility index (Phi) is 5.43. The fraction of sp³-hybridized carbons (Fsp3) is 0.308. The van der Waals surface area contributed by atoms with Crippen LogP contribution in [0.25, 0.3) is 0 Å². The van der Waals surface area contributed by atoms with Gasteiger partial charge in [-0.1, -0.05) is 48.0 Å². The van der Waals surface area contributed by atoms with Gasteiger partial charge in [-0.3, -0.25) is 9.88 Å². The number of anilines is 1. The first-order chi connectivity index (χ1) is 15.2. The van der Waals surface area contributed by atoms with E-state index < -0.39 is 0 Å². The van der Waals surface area contributed by atoms with Crippen LogP contribution in [0.1, 0.15) is 34.0 Å². The maximum Gasteiger partial charge on any atom is 0.321 e. The monoisotopic (exact) mass is 412 g/mol. The third-order valence-corrected chi connectivity index (χ3v) is 6.43. The highest BCUT2D eigenvalue weighted by Gasteiger charge is 2.33. The molecule has 1 N–H and O–H groups in total. The summed E-state index contributed by atoms with van der Waals surface area (Å²) in [6.07, 6.45) is 3.98. The summed E-state index contributed by atoms with van der Waals surface area (Å²) in [7, 11) is 0. The first-order valence-electron chi connectivity index (χ1n) is 11.1. The van der Waals surface area contributed by atoms with Crippen molar-refractivity contribution >= 4 is 11.7 Å². The second-order valence-electron chi connectivity index (χ2n) is 8.47. The quantitative estimate of drug-likeness (QED) is 0.678. The van der Waals surface area contributed by atoms with E-state index in [9.17, 15) is 4.79 Å². The van der Waals surface area contributed by atoms with Crippen molar-refractivity contribution < 1.29 is 4.79 Å². The Hall–Kier alpha value is -3.18. The molecule has 5 heteroatoms. The molecule has 5 nitrogen and oxygen atoms in total. The number of para-hydroxylation sites is 1. The highest BCUT2D eigenvalue weighted by molar-refractivity contribution is 5.89. The summed E-state index contributed by atoms with van der Waals surface area (Å²) in [5.41, 5.74) is 7.44. The van der Waals surface area contributed by atoms with E-state index in [0.29, 0.717) is 13.1 Å². The van der Waals surface area contributed by atoms with E-state index in [4.69, 9.17) is 4.98 Å². The number of aryl methyl sites for hydroxylation is 3. The SMILES string of the molecule is Cc1ccc2c(c1)CCc1cccnc1C2N1CCN(C(=O)Nc2ccccc2)CC1. The zero-order chi connectivity index (χ0) is 21.2. The van der Waals surface area contributed by atoms with E-state index in [2.05, 4.69) is 41.4 Å². The van der Waals surface area contributed by atoms with Crippen molar-refractivity contribution in [2.75, 3.05) is 31.5 Å². The van der Waals surface area contributed by atoms with E-state index in [-0.39, 0.29) is 12.1 Å². The number of urea groups is 1. The molecular weight excluding hydrogens is 384 g/mol. The largest absolute Gasteiger partial charge is 0.322 e. The Bertz CT molecular complexity index is 1070. The van der Waals surface area contributed by atoms with Crippen molar-refractivity contribution in [2.24, 2.45) is 0 Å². The molecule has 1 unspecified atom stereocenters. The standard InChI is InChI=1S/C26H28N4O/c1-19-9-12-23-21(18-19)11-10-20-6-5-13-27-24(20)25(23)29-14-16-30(17-15-29)26(31)28-22-7-3-2-4-8-22/h2-9,12-13,18,25H,10-11,14-17H2,1H3,(H,28,31). The smallest absolute Gasteiger partial charge is 0.321 e. The topological polar surface area (TPSA) is 48.5 Å². The number of piperazine rings is 1. The second-order valence-corrected chi connectivity index (χ2v) is 8.47. The molecule has 2 aromatic carbocycles. The molecular formula is C26H28N4O. The Morgan fingerprint density at radius 1 is 0.935 bits per heavy atom. The number of aromatic nitrogens is 1. The lowest BCUT2D eigenvalue weighted by molar-refractivity contribution is 0.125. The molecule has 31 heavy (non-hydrogen) atoms. The number of rotatable bonds is 2. The molecule has 0 spiro atoms. The van der Waals surface area contributed by atoms with Gasteiger partial charge >= 0.3 is 6.03 Å². The zero-order valence-electron chi connectivity index (χ0n) is 17.9. The Morgan fingerprint density at radius 3 is 2.52 bits per heavy atom. The molecule has 0 bridgehead atoms. The minimum atomic E-state index is -0.0266. The Labute approximate surface area is 183 Å². The second kappa shape index (κ2) is 8.52. The summed E-state index contributed by atoms with van der Waals surface area (Å²) in [6.45, 7) is 5.24. The van der Waals surface area contributed by atoms with Crippen LogP contribution in [0.4, 0.5) is 10.5 Å². The van der Waals surface area contributed by atoms with E-state index in [1.807, 2.05) is 47.5 Å². The van der Waals surface area contributed by atoms with Crippen LogP contribution in [-0.4, -0.2) is 47.0 Å². The summed E-state index contributed by atoms with van der Waals surface area (Å²) in [4.78, 5) is 22.0. The van der Waals surface area contributed by atoms with Crippen molar-refractivity contribution in [1.29, 1.82) is 0 Å². The van der Waals surface area contributed by atoms with Gasteiger partial charge in [0, 0.05) is 38.1 Å². The van der Waals surface area contributed by atoms with Crippen LogP contribution in [0, 0.1) is 6.92 Å². The zero-order valence-corrected chi connectivity index (χ0v) is 17.9. The molecule has 0 saturated carbocycles. The number of amides is 2. The van der Waals surface area contributed by atoms with Gasteiger partial charge in [-0.25, -0.2) is 4.79 Å². The van der Waals surface area contributed by atoms with E-state index in [0.717, 1.165) is 31.6 Å².